The van der Waals surface area contributed by atoms with Crippen molar-refractivity contribution >= 4 is 29.7 Å². The Kier molecular flexibility index (Phi) is 6.84. The second-order valence-corrected chi connectivity index (χ2v) is 5.88. The minimum Gasteiger partial charge on any atom is -0.454 e. The maximum Gasteiger partial charge on any atom is 0.326 e. The van der Waals surface area contributed by atoms with E-state index in [4.69, 9.17) is 9.47 Å². The van der Waals surface area contributed by atoms with E-state index in [-0.39, 0.29) is 13.2 Å². The van der Waals surface area contributed by atoms with E-state index in [2.05, 4.69) is 5.32 Å². The van der Waals surface area contributed by atoms with Crippen LogP contribution >= 0.6 is 0 Å². The predicted octanol–water partition coefficient (Wildman–Crippen LogP) is -1.05. The van der Waals surface area contributed by atoms with Gasteiger partial charge in [0.05, 0.1) is 18.4 Å². The molecule has 1 aliphatic heterocycles. The number of rotatable bonds is 7. The third-order valence-electron chi connectivity index (χ3n) is 4.10. The number of carbonyl (C=O) groups excluding carboxylic acids is 5. The molecule has 2 N–H and O–H groups in total. The number of amides is 5. The predicted molar refractivity (Wildman–Crippen MR) is 86.5 cm³/mol. The Hall–Kier alpha value is -2.75. The normalized spacial score (nSPS) is 21.3. The molecule has 2 rings (SSSR count). The third-order valence-corrected chi connectivity index (χ3v) is 4.10. The molecule has 2 atom stereocenters. The van der Waals surface area contributed by atoms with Crippen LogP contribution in [0.4, 0.5) is 4.79 Å². The van der Waals surface area contributed by atoms with Crippen LogP contribution in [0, 0.1) is 11.8 Å². The zero-order valence-corrected chi connectivity index (χ0v) is 14.4. The summed E-state index contributed by atoms with van der Waals surface area (Å²) in [6, 6.07) is -0.746. The van der Waals surface area contributed by atoms with E-state index in [1.807, 2.05) is 17.5 Å². The van der Waals surface area contributed by atoms with E-state index in [9.17, 15) is 24.0 Å². The first-order valence-corrected chi connectivity index (χ1v) is 8.16. The zero-order valence-electron chi connectivity index (χ0n) is 14.4. The van der Waals surface area contributed by atoms with Crippen molar-refractivity contribution in [1.29, 1.82) is 0 Å². The molecule has 0 aromatic rings. The van der Waals surface area contributed by atoms with Crippen molar-refractivity contribution in [2.24, 2.45) is 11.8 Å². The number of likely N-dealkylation sites (tertiary alicyclic amines) is 1. The lowest BCUT2D eigenvalue weighted by molar-refractivity contribution is -0.154. The summed E-state index contributed by atoms with van der Waals surface area (Å²) in [6.45, 7) is -0.739. The van der Waals surface area contributed by atoms with Crippen molar-refractivity contribution in [3.05, 3.63) is 12.2 Å². The van der Waals surface area contributed by atoms with Crippen molar-refractivity contribution in [3.8, 4) is 0 Å². The lowest BCUT2D eigenvalue weighted by atomic mass is 9.85. The number of nitrogens with zero attached hydrogens (tertiary/aromatic N) is 1. The average molecular weight is 367 g/mol. The van der Waals surface area contributed by atoms with E-state index < -0.39 is 54.7 Å². The fourth-order valence-electron chi connectivity index (χ4n) is 2.82. The molecule has 0 aromatic carbocycles. The smallest absolute Gasteiger partial charge is 0.326 e. The van der Waals surface area contributed by atoms with Crippen LogP contribution in [0.3, 0.4) is 0 Å². The van der Waals surface area contributed by atoms with Gasteiger partial charge in [-0.2, -0.15) is 0 Å². The minimum absolute atomic E-state index is 0.214. The van der Waals surface area contributed by atoms with Crippen LogP contribution in [-0.2, 0) is 28.7 Å². The average Bonchev–Trinajstić information content (AvgIpc) is 2.85. The molecule has 1 saturated heterocycles. The summed E-state index contributed by atoms with van der Waals surface area (Å²) in [5.74, 6) is -3.39. The van der Waals surface area contributed by atoms with Crippen molar-refractivity contribution in [3.63, 3.8) is 0 Å². The van der Waals surface area contributed by atoms with Gasteiger partial charge in [0.1, 0.15) is 6.54 Å². The van der Waals surface area contributed by atoms with Gasteiger partial charge in [-0.05, 0) is 12.8 Å². The maximum atomic E-state index is 12.2. The van der Waals surface area contributed by atoms with E-state index in [1.165, 1.54) is 7.11 Å². The molecule has 1 fully saturated rings. The van der Waals surface area contributed by atoms with E-state index in [0.29, 0.717) is 12.8 Å². The molecule has 1 heterocycles. The molecule has 0 aromatic heterocycles. The van der Waals surface area contributed by atoms with Crippen LogP contribution in [0.1, 0.15) is 12.8 Å². The summed E-state index contributed by atoms with van der Waals surface area (Å²) in [5, 5.41) is 4.33. The maximum absolute atomic E-state index is 12.2. The van der Waals surface area contributed by atoms with Gasteiger partial charge in [0.15, 0.2) is 6.61 Å². The second-order valence-electron chi connectivity index (χ2n) is 5.88. The Morgan fingerprint density at radius 3 is 2.35 bits per heavy atom. The van der Waals surface area contributed by atoms with Crippen molar-refractivity contribution < 1.29 is 33.4 Å². The van der Waals surface area contributed by atoms with Crippen LogP contribution in [0.5, 0.6) is 0 Å². The molecule has 2 aliphatic rings. The number of fused-ring (bicyclic) bond motifs is 1. The molecule has 0 saturated carbocycles. The van der Waals surface area contributed by atoms with Crippen LogP contribution in [0.15, 0.2) is 12.2 Å². The number of nitrogens with one attached hydrogen (secondary N) is 2. The highest BCUT2D eigenvalue weighted by molar-refractivity contribution is 6.07. The second kappa shape index (κ2) is 9.09. The Balaban J connectivity index is 1.73. The van der Waals surface area contributed by atoms with Crippen molar-refractivity contribution in [2.75, 3.05) is 33.4 Å². The summed E-state index contributed by atoms with van der Waals surface area (Å²) in [6.07, 6.45) is 4.63. The number of methoxy groups -OCH3 is 1. The number of esters is 1. The summed E-state index contributed by atoms with van der Waals surface area (Å²) >= 11 is 0. The van der Waals surface area contributed by atoms with Gasteiger partial charge in [-0.3, -0.25) is 29.4 Å². The standard InChI is InChI=1S/C16H21N3O7/c1-25-7-6-17-16(24)18-12(20)9-26-13(21)8-19-14(22)10-4-2-3-5-11(10)15(19)23/h2-3,10-11H,4-9H2,1H3,(H2,17,18,20,24)/t10-,11+. The lowest BCUT2D eigenvalue weighted by Gasteiger charge is -2.14. The number of imide groups is 2. The largest absolute Gasteiger partial charge is 0.454 e. The summed E-state index contributed by atoms with van der Waals surface area (Å²) in [5.41, 5.74) is 0. The molecule has 5 amide bonds. The van der Waals surface area contributed by atoms with Crippen LogP contribution in [0.25, 0.3) is 0 Å². The first kappa shape index (κ1) is 19.6. The highest BCUT2D eigenvalue weighted by atomic mass is 16.5. The van der Waals surface area contributed by atoms with Crippen LogP contribution < -0.4 is 10.6 Å². The first-order valence-electron chi connectivity index (χ1n) is 8.16. The van der Waals surface area contributed by atoms with Gasteiger partial charge in [-0.1, -0.05) is 12.2 Å². The number of ether oxygens (including phenoxy) is 2. The minimum atomic E-state index is -0.895. The Morgan fingerprint density at radius 1 is 1.15 bits per heavy atom. The number of urea groups is 1. The molecule has 1 aliphatic carbocycles. The fourth-order valence-corrected chi connectivity index (χ4v) is 2.82. The van der Waals surface area contributed by atoms with Gasteiger partial charge >= 0.3 is 12.0 Å². The monoisotopic (exact) mass is 367 g/mol. The highest BCUT2D eigenvalue weighted by Crippen LogP contribution is 2.34. The topological polar surface area (TPSA) is 131 Å². The van der Waals surface area contributed by atoms with E-state index in [1.54, 1.807) is 0 Å². The lowest BCUT2D eigenvalue weighted by Crippen LogP contribution is -2.43. The SMILES string of the molecule is COCCNC(=O)NC(=O)COC(=O)CN1C(=O)[C@H]2CC=CC[C@H]2C1=O. The summed E-state index contributed by atoms with van der Waals surface area (Å²) in [7, 11) is 1.46. The number of allylic oxidation sites excluding steroid dienone is 2. The molecule has 0 bridgehead atoms. The molecule has 26 heavy (non-hydrogen) atoms. The molecular formula is C16H21N3O7. The zero-order chi connectivity index (χ0) is 19.1. The highest BCUT2D eigenvalue weighted by Gasteiger charge is 2.47. The van der Waals surface area contributed by atoms with E-state index in [0.717, 1.165) is 4.90 Å². The summed E-state index contributed by atoms with van der Waals surface area (Å²) < 4.78 is 9.46. The van der Waals surface area contributed by atoms with Crippen molar-refractivity contribution in [1.82, 2.24) is 15.5 Å². The van der Waals surface area contributed by atoms with Gasteiger partial charge in [-0.25, -0.2) is 4.79 Å². The molecule has 0 unspecified atom stereocenters. The van der Waals surface area contributed by atoms with Gasteiger partial charge in [0.25, 0.3) is 5.91 Å². The number of hydrogen-bond acceptors (Lipinski definition) is 7. The van der Waals surface area contributed by atoms with Crippen LogP contribution in [-0.4, -0.2) is 68.0 Å². The van der Waals surface area contributed by atoms with E-state index >= 15 is 0 Å². The number of carbonyl (C=O) groups is 5. The van der Waals surface area contributed by atoms with Crippen molar-refractivity contribution in [2.45, 2.75) is 12.8 Å². The Labute approximate surface area is 149 Å². The van der Waals surface area contributed by atoms with Gasteiger partial charge < -0.3 is 14.8 Å². The first-order chi connectivity index (χ1) is 12.4. The molecule has 142 valence electrons. The number of hydrogen-bond donors (Lipinski definition) is 2. The fraction of sp³-hybridized carbons (Fsp3) is 0.562. The Bertz CT molecular complexity index is 605. The molecule has 10 nitrogen and oxygen atoms in total. The summed E-state index contributed by atoms with van der Waals surface area (Å²) in [4.78, 5) is 60.0. The Morgan fingerprint density at radius 2 is 1.77 bits per heavy atom. The van der Waals surface area contributed by atoms with Gasteiger partial charge in [0.2, 0.25) is 11.8 Å². The molecular weight excluding hydrogens is 346 g/mol. The van der Waals surface area contributed by atoms with Gasteiger partial charge in [0, 0.05) is 13.7 Å². The third kappa shape index (κ3) is 4.88. The van der Waals surface area contributed by atoms with Crippen LogP contribution in [0.2, 0.25) is 0 Å². The molecule has 0 radical (unpaired) electrons. The molecule has 0 spiro atoms. The quantitative estimate of drug-likeness (QED) is 0.254. The van der Waals surface area contributed by atoms with Gasteiger partial charge in [-0.15, -0.1) is 0 Å². The molecule has 10 heteroatoms.